The zero-order valence-electron chi connectivity index (χ0n) is 11.5. The van der Waals surface area contributed by atoms with Gasteiger partial charge in [0, 0.05) is 6.61 Å². The first kappa shape index (κ1) is 13.5. The van der Waals surface area contributed by atoms with Crippen LogP contribution in [-0.4, -0.2) is 47.2 Å². The van der Waals surface area contributed by atoms with Crippen LogP contribution in [0.25, 0.3) is 0 Å². The summed E-state index contributed by atoms with van der Waals surface area (Å²) in [7, 11) is 0. The molecule has 0 radical (unpaired) electrons. The Labute approximate surface area is 117 Å². The van der Waals surface area contributed by atoms with Crippen LogP contribution in [0.3, 0.4) is 0 Å². The van der Waals surface area contributed by atoms with E-state index >= 15 is 0 Å². The normalized spacial score (nSPS) is 23.3. The molecule has 2 aliphatic heterocycles. The molecule has 20 heavy (non-hydrogen) atoms. The van der Waals surface area contributed by atoms with Crippen molar-refractivity contribution < 1.29 is 14.1 Å². The molecule has 1 amide bonds. The van der Waals surface area contributed by atoms with Crippen molar-refractivity contribution in [1.82, 2.24) is 20.4 Å². The summed E-state index contributed by atoms with van der Waals surface area (Å²) in [4.78, 5) is 18.2. The Kier molecular flexibility index (Phi) is 4.27. The van der Waals surface area contributed by atoms with Crippen LogP contribution in [0.1, 0.15) is 43.5 Å². The van der Waals surface area contributed by atoms with E-state index in [2.05, 4.69) is 20.4 Å². The highest BCUT2D eigenvalue weighted by atomic mass is 16.5. The highest BCUT2D eigenvalue weighted by Gasteiger charge is 2.24. The van der Waals surface area contributed by atoms with E-state index in [0.29, 0.717) is 24.8 Å². The molecule has 0 aromatic carbocycles. The molecule has 2 fully saturated rings. The second kappa shape index (κ2) is 6.32. The summed E-state index contributed by atoms with van der Waals surface area (Å²) in [6.45, 7) is 3.53. The number of aromatic nitrogens is 2. The fraction of sp³-hybridized carbons (Fsp3) is 0.769. The first-order chi connectivity index (χ1) is 9.81. The third kappa shape index (κ3) is 3.34. The molecule has 2 saturated heterocycles. The molecule has 1 aromatic rings. The van der Waals surface area contributed by atoms with Gasteiger partial charge in [-0.1, -0.05) is 5.16 Å². The fourth-order valence-corrected chi connectivity index (χ4v) is 2.62. The monoisotopic (exact) mass is 280 g/mol. The van der Waals surface area contributed by atoms with E-state index in [1.807, 2.05) is 0 Å². The van der Waals surface area contributed by atoms with Crippen LogP contribution in [0.15, 0.2) is 4.52 Å². The van der Waals surface area contributed by atoms with E-state index in [9.17, 15) is 4.79 Å². The molecule has 3 heterocycles. The number of carbonyl (C=O) groups is 1. The van der Waals surface area contributed by atoms with Crippen molar-refractivity contribution in [3.63, 3.8) is 0 Å². The van der Waals surface area contributed by atoms with Gasteiger partial charge in [-0.05, 0) is 38.8 Å². The summed E-state index contributed by atoms with van der Waals surface area (Å²) in [6, 6.07) is 0. The lowest BCUT2D eigenvalue weighted by Gasteiger charge is -2.13. The minimum atomic E-state index is -0.0726. The average molecular weight is 280 g/mol. The molecule has 0 unspecified atom stereocenters. The molecule has 2 aliphatic rings. The van der Waals surface area contributed by atoms with E-state index in [0.717, 1.165) is 32.5 Å². The second-order valence-corrected chi connectivity index (χ2v) is 5.31. The highest BCUT2D eigenvalue weighted by molar-refractivity contribution is 5.77. The molecule has 1 atom stereocenters. The van der Waals surface area contributed by atoms with Crippen LogP contribution in [-0.2, 0) is 16.1 Å². The maximum absolute atomic E-state index is 11.8. The first-order valence-electron chi connectivity index (χ1n) is 7.24. The largest absolute Gasteiger partial charge is 0.368 e. The van der Waals surface area contributed by atoms with E-state index in [4.69, 9.17) is 9.26 Å². The van der Waals surface area contributed by atoms with Gasteiger partial charge in [-0.25, -0.2) is 0 Å². The van der Waals surface area contributed by atoms with Crippen LogP contribution >= 0.6 is 0 Å². The molecule has 0 bridgehead atoms. The predicted octanol–water partition coefficient (Wildman–Crippen LogP) is 0.633. The number of ether oxygens (including phenoxy) is 1. The van der Waals surface area contributed by atoms with E-state index in [1.54, 1.807) is 0 Å². The summed E-state index contributed by atoms with van der Waals surface area (Å²) in [5.41, 5.74) is 0. The van der Waals surface area contributed by atoms with E-state index < -0.39 is 0 Å². The molecule has 1 aromatic heterocycles. The smallest absolute Gasteiger partial charge is 0.255 e. The molecule has 7 heteroatoms. The van der Waals surface area contributed by atoms with Gasteiger partial charge in [0.1, 0.15) is 6.10 Å². The molecule has 0 saturated carbocycles. The van der Waals surface area contributed by atoms with Crippen molar-refractivity contribution in [3.05, 3.63) is 11.7 Å². The molecule has 0 spiro atoms. The summed E-state index contributed by atoms with van der Waals surface area (Å²) in [5, 5.41) is 6.69. The van der Waals surface area contributed by atoms with Gasteiger partial charge in [-0.15, -0.1) is 0 Å². The quantitative estimate of drug-likeness (QED) is 0.852. The molecular weight excluding hydrogens is 260 g/mol. The maximum atomic E-state index is 11.8. The predicted molar refractivity (Wildman–Crippen MR) is 69.7 cm³/mol. The highest BCUT2D eigenvalue weighted by Crippen LogP contribution is 2.26. The first-order valence-corrected chi connectivity index (χ1v) is 7.24. The van der Waals surface area contributed by atoms with Crippen LogP contribution in [0.4, 0.5) is 0 Å². The number of carbonyl (C=O) groups excluding carboxylic acids is 1. The van der Waals surface area contributed by atoms with Crippen molar-refractivity contribution in [1.29, 1.82) is 0 Å². The lowest BCUT2D eigenvalue weighted by molar-refractivity contribution is -0.122. The summed E-state index contributed by atoms with van der Waals surface area (Å²) >= 11 is 0. The molecule has 1 N–H and O–H groups in total. The third-order valence-electron chi connectivity index (χ3n) is 3.70. The number of hydrogen-bond donors (Lipinski definition) is 1. The van der Waals surface area contributed by atoms with Crippen molar-refractivity contribution in [2.45, 2.75) is 38.3 Å². The zero-order chi connectivity index (χ0) is 13.8. The maximum Gasteiger partial charge on any atom is 0.255 e. The lowest BCUT2D eigenvalue weighted by Crippen LogP contribution is -2.35. The molecule has 110 valence electrons. The second-order valence-electron chi connectivity index (χ2n) is 5.31. The Hall–Kier alpha value is -1.47. The van der Waals surface area contributed by atoms with Crippen LogP contribution in [0.5, 0.6) is 0 Å². The van der Waals surface area contributed by atoms with Gasteiger partial charge in [0.15, 0.2) is 5.82 Å². The SMILES string of the molecule is O=C(CN1CCCC1)NCc1noc([C@H]2CCCO2)n1. The number of hydrogen-bond acceptors (Lipinski definition) is 6. The van der Waals surface area contributed by atoms with Crippen LogP contribution in [0, 0.1) is 0 Å². The van der Waals surface area contributed by atoms with Crippen molar-refractivity contribution in [3.8, 4) is 0 Å². The van der Waals surface area contributed by atoms with Crippen LogP contribution < -0.4 is 5.32 Å². The van der Waals surface area contributed by atoms with Gasteiger partial charge in [-0.3, -0.25) is 9.69 Å². The number of nitrogens with one attached hydrogen (secondary N) is 1. The van der Waals surface area contributed by atoms with Crippen molar-refractivity contribution >= 4 is 5.91 Å². The summed E-state index contributed by atoms with van der Waals surface area (Å²) in [6.07, 6.45) is 4.24. The summed E-state index contributed by atoms with van der Waals surface area (Å²) in [5.74, 6) is 1.03. The van der Waals surface area contributed by atoms with Crippen molar-refractivity contribution in [2.75, 3.05) is 26.2 Å². The summed E-state index contributed by atoms with van der Waals surface area (Å²) < 4.78 is 10.6. The Morgan fingerprint density at radius 3 is 2.95 bits per heavy atom. The van der Waals surface area contributed by atoms with Gasteiger partial charge in [0.25, 0.3) is 5.89 Å². The van der Waals surface area contributed by atoms with Gasteiger partial charge in [0.05, 0.1) is 13.1 Å². The van der Waals surface area contributed by atoms with Gasteiger partial charge < -0.3 is 14.6 Å². The van der Waals surface area contributed by atoms with Gasteiger partial charge >= 0.3 is 0 Å². The fourth-order valence-electron chi connectivity index (χ4n) is 2.62. The Morgan fingerprint density at radius 2 is 2.20 bits per heavy atom. The lowest BCUT2D eigenvalue weighted by atomic mass is 10.2. The Balaban J connectivity index is 1.44. The number of amides is 1. The average Bonchev–Trinajstić information content (AvgIpc) is 3.18. The molecular formula is C13H20N4O3. The molecule has 0 aliphatic carbocycles. The topological polar surface area (TPSA) is 80.5 Å². The Bertz CT molecular complexity index is 450. The number of likely N-dealkylation sites (tertiary alicyclic amines) is 1. The van der Waals surface area contributed by atoms with Gasteiger partial charge in [-0.2, -0.15) is 4.98 Å². The molecule has 3 rings (SSSR count). The van der Waals surface area contributed by atoms with Crippen molar-refractivity contribution in [2.24, 2.45) is 0 Å². The van der Waals surface area contributed by atoms with Crippen LogP contribution in [0.2, 0.25) is 0 Å². The van der Waals surface area contributed by atoms with Gasteiger partial charge in [0.2, 0.25) is 5.91 Å². The standard InChI is InChI=1S/C13H20N4O3/c18-12(9-17-5-1-2-6-17)14-8-11-15-13(20-16-11)10-4-3-7-19-10/h10H,1-9H2,(H,14,18)/t10-/m1/s1. The minimum Gasteiger partial charge on any atom is -0.368 e. The zero-order valence-corrected chi connectivity index (χ0v) is 11.5. The third-order valence-corrected chi connectivity index (χ3v) is 3.70. The number of nitrogens with zero attached hydrogens (tertiary/aromatic N) is 3. The Morgan fingerprint density at radius 1 is 1.35 bits per heavy atom. The number of rotatable bonds is 5. The minimum absolute atomic E-state index is 0.00960. The molecule has 7 nitrogen and oxygen atoms in total. The van der Waals surface area contributed by atoms with E-state index in [1.165, 1.54) is 12.8 Å². The van der Waals surface area contributed by atoms with E-state index in [-0.39, 0.29) is 12.0 Å².